The van der Waals surface area contributed by atoms with E-state index in [2.05, 4.69) is 14.5 Å². The van der Waals surface area contributed by atoms with Gasteiger partial charge >= 0.3 is 0 Å². The first kappa shape index (κ1) is 11.3. The van der Waals surface area contributed by atoms with Gasteiger partial charge in [0.05, 0.1) is 0 Å². The standard InChI is InChI=1S/C9H14ClN3OS/c10-9-8(11-12-15-9)5-13-3-1-2-7(4-13)6-14/h7,14H,1-6H2. The third-order valence-corrected chi connectivity index (χ3v) is 3.73. The van der Waals surface area contributed by atoms with Crippen molar-refractivity contribution in [2.75, 3.05) is 19.7 Å². The summed E-state index contributed by atoms with van der Waals surface area (Å²) < 4.78 is 4.49. The van der Waals surface area contributed by atoms with E-state index in [4.69, 9.17) is 16.7 Å². The SMILES string of the molecule is OCC1CCCN(Cc2nnsc2Cl)C1. The Balaban J connectivity index is 1.92. The van der Waals surface area contributed by atoms with Crippen LogP contribution in [0.25, 0.3) is 0 Å². The molecule has 15 heavy (non-hydrogen) atoms. The van der Waals surface area contributed by atoms with Gasteiger partial charge in [-0.2, -0.15) is 0 Å². The molecule has 2 heterocycles. The summed E-state index contributed by atoms with van der Waals surface area (Å²) >= 11 is 7.17. The molecular weight excluding hydrogens is 234 g/mol. The van der Waals surface area contributed by atoms with Crippen LogP contribution in [0.1, 0.15) is 18.5 Å². The highest BCUT2D eigenvalue weighted by Gasteiger charge is 2.20. The van der Waals surface area contributed by atoms with Crippen LogP contribution in [0, 0.1) is 5.92 Å². The van der Waals surface area contributed by atoms with E-state index in [0.29, 0.717) is 10.3 Å². The minimum absolute atomic E-state index is 0.277. The van der Waals surface area contributed by atoms with Crippen LogP contribution in [-0.4, -0.2) is 39.3 Å². The monoisotopic (exact) mass is 247 g/mol. The van der Waals surface area contributed by atoms with Gasteiger partial charge in [-0.15, -0.1) is 5.10 Å². The molecule has 4 nitrogen and oxygen atoms in total. The molecule has 1 saturated heterocycles. The van der Waals surface area contributed by atoms with Crippen molar-refractivity contribution in [1.29, 1.82) is 0 Å². The van der Waals surface area contributed by atoms with Crippen LogP contribution in [0.2, 0.25) is 4.34 Å². The van der Waals surface area contributed by atoms with Crippen molar-refractivity contribution in [2.24, 2.45) is 5.92 Å². The van der Waals surface area contributed by atoms with Crippen molar-refractivity contribution < 1.29 is 5.11 Å². The molecule has 1 aliphatic heterocycles. The third kappa shape index (κ3) is 2.87. The molecule has 1 fully saturated rings. The maximum atomic E-state index is 9.11. The molecule has 0 spiro atoms. The Kier molecular flexibility index (Phi) is 3.91. The molecule has 0 radical (unpaired) electrons. The van der Waals surface area contributed by atoms with Gasteiger partial charge in [-0.3, -0.25) is 4.90 Å². The minimum atomic E-state index is 0.277. The predicted molar refractivity (Wildman–Crippen MR) is 60.0 cm³/mol. The van der Waals surface area contributed by atoms with Crippen molar-refractivity contribution in [3.8, 4) is 0 Å². The molecule has 0 aliphatic carbocycles. The normalized spacial score (nSPS) is 23.2. The van der Waals surface area contributed by atoms with Crippen LogP contribution >= 0.6 is 23.1 Å². The number of halogens is 1. The van der Waals surface area contributed by atoms with Gasteiger partial charge in [-0.05, 0) is 25.3 Å². The zero-order valence-electron chi connectivity index (χ0n) is 8.40. The van der Waals surface area contributed by atoms with Crippen LogP contribution in [-0.2, 0) is 6.54 Å². The lowest BCUT2D eigenvalue weighted by molar-refractivity contribution is 0.115. The van der Waals surface area contributed by atoms with Crippen molar-refractivity contribution in [3.05, 3.63) is 10.0 Å². The average Bonchev–Trinajstić information content (AvgIpc) is 2.65. The smallest absolute Gasteiger partial charge is 0.138 e. The summed E-state index contributed by atoms with van der Waals surface area (Å²) in [6.07, 6.45) is 2.26. The first-order valence-electron chi connectivity index (χ1n) is 5.09. The van der Waals surface area contributed by atoms with Gasteiger partial charge in [0.15, 0.2) is 0 Å². The number of aliphatic hydroxyl groups excluding tert-OH is 1. The van der Waals surface area contributed by atoms with E-state index in [9.17, 15) is 0 Å². The lowest BCUT2D eigenvalue weighted by Gasteiger charge is -2.31. The molecule has 6 heteroatoms. The quantitative estimate of drug-likeness (QED) is 0.877. The molecule has 84 valence electrons. The Morgan fingerprint density at radius 1 is 1.60 bits per heavy atom. The molecule has 0 amide bonds. The molecule has 1 aromatic heterocycles. The number of aliphatic hydroxyl groups is 1. The van der Waals surface area contributed by atoms with Crippen LogP contribution in [0.3, 0.4) is 0 Å². The zero-order chi connectivity index (χ0) is 10.7. The number of hydrogen-bond acceptors (Lipinski definition) is 5. The number of hydrogen-bond donors (Lipinski definition) is 1. The summed E-state index contributed by atoms with van der Waals surface area (Å²) in [4.78, 5) is 2.28. The first-order chi connectivity index (χ1) is 7.29. The van der Waals surface area contributed by atoms with Crippen LogP contribution in [0.5, 0.6) is 0 Å². The fraction of sp³-hybridized carbons (Fsp3) is 0.778. The van der Waals surface area contributed by atoms with E-state index in [1.807, 2.05) is 0 Å². The van der Waals surface area contributed by atoms with Gasteiger partial charge in [-0.25, -0.2) is 0 Å². The second-order valence-corrected chi connectivity index (χ2v) is 5.28. The maximum absolute atomic E-state index is 9.11. The van der Waals surface area contributed by atoms with Gasteiger partial charge in [-0.1, -0.05) is 16.1 Å². The molecule has 1 N–H and O–H groups in total. The van der Waals surface area contributed by atoms with Crippen molar-refractivity contribution in [3.63, 3.8) is 0 Å². The maximum Gasteiger partial charge on any atom is 0.138 e. The molecule has 0 bridgehead atoms. The highest BCUT2D eigenvalue weighted by atomic mass is 35.5. The summed E-state index contributed by atoms with van der Waals surface area (Å²) in [6, 6.07) is 0. The topological polar surface area (TPSA) is 49.2 Å². The lowest BCUT2D eigenvalue weighted by Crippen LogP contribution is -2.36. The van der Waals surface area contributed by atoms with Gasteiger partial charge in [0, 0.05) is 31.2 Å². The molecule has 0 saturated carbocycles. The number of nitrogens with zero attached hydrogens (tertiary/aromatic N) is 3. The second kappa shape index (κ2) is 5.21. The molecule has 1 aromatic rings. The largest absolute Gasteiger partial charge is 0.396 e. The molecule has 1 aliphatic rings. The lowest BCUT2D eigenvalue weighted by atomic mass is 9.99. The Morgan fingerprint density at radius 2 is 2.47 bits per heavy atom. The Hall–Kier alpha value is -0.230. The number of likely N-dealkylation sites (tertiary alicyclic amines) is 1. The van der Waals surface area contributed by atoms with E-state index in [1.165, 1.54) is 11.5 Å². The molecular formula is C9H14ClN3OS. The fourth-order valence-corrected chi connectivity index (χ4v) is 2.56. The fourth-order valence-electron chi connectivity index (χ4n) is 1.95. The number of rotatable bonds is 3. The third-order valence-electron chi connectivity index (χ3n) is 2.74. The van der Waals surface area contributed by atoms with Crippen molar-refractivity contribution in [1.82, 2.24) is 14.5 Å². The number of aromatic nitrogens is 2. The summed E-state index contributed by atoms with van der Waals surface area (Å²) in [5, 5.41) is 13.1. The molecule has 2 rings (SSSR count). The van der Waals surface area contributed by atoms with Crippen LogP contribution < -0.4 is 0 Å². The average molecular weight is 248 g/mol. The highest BCUT2D eigenvalue weighted by Crippen LogP contribution is 2.22. The van der Waals surface area contributed by atoms with Gasteiger partial charge < -0.3 is 5.11 Å². The summed E-state index contributed by atoms with van der Waals surface area (Å²) in [5.74, 6) is 0.407. The minimum Gasteiger partial charge on any atom is -0.396 e. The Morgan fingerprint density at radius 3 is 3.13 bits per heavy atom. The van der Waals surface area contributed by atoms with Gasteiger partial charge in [0.2, 0.25) is 0 Å². The second-order valence-electron chi connectivity index (χ2n) is 3.92. The number of piperidine rings is 1. The molecule has 1 atom stereocenters. The predicted octanol–water partition coefficient (Wildman–Crippen LogP) is 1.40. The van der Waals surface area contributed by atoms with Gasteiger partial charge in [0.1, 0.15) is 10.0 Å². The van der Waals surface area contributed by atoms with Crippen LogP contribution in [0.15, 0.2) is 0 Å². The van der Waals surface area contributed by atoms with Crippen LogP contribution in [0.4, 0.5) is 0 Å². The summed E-state index contributed by atoms with van der Waals surface area (Å²) in [6.45, 7) is 3.03. The molecule has 1 unspecified atom stereocenters. The van der Waals surface area contributed by atoms with E-state index >= 15 is 0 Å². The summed E-state index contributed by atoms with van der Waals surface area (Å²) in [5.41, 5.74) is 0.861. The Bertz CT molecular complexity index is 320. The Labute approximate surface area is 98.0 Å². The highest BCUT2D eigenvalue weighted by molar-refractivity contribution is 7.10. The molecule has 0 aromatic carbocycles. The summed E-state index contributed by atoms with van der Waals surface area (Å²) in [7, 11) is 0. The first-order valence-corrected chi connectivity index (χ1v) is 6.24. The zero-order valence-corrected chi connectivity index (χ0v) is 9.97. The van der Waals surface area contributed by atoms with Crippen molar-refractivity contribution in [2.45, 2.75) is 19.4 Å². The van der Waals surface area contributed by atoms with E-state index in [-0.39, 0.29) is 6.61 Å². The van der Waals surface area contributed by atoms with E-state index in [1.54, 1.807) is 0 Å². The van der Waals surface area contributed by atoms with Gasteiger partial charge in [0.25, 0.3) is 0 Å². The van der Waals surface area contributed by atoms with E-state index < -0.39 is 0 Å². The van der Waals surface area contributed by atoms with Crippen molar-refractivity contribution >= 4 is 23.1 Å². The van der Waals surface area contributed by atoms with E-state index in [0.717, 1.165) is 38.2 Å².